The maximum Gasteiger partial charge on any atom is 0.416 e. The summed E-state index contributed by atoms with van der Waals surface area (Å²) in [7, 11) is 1.52. The highest BCUT2D eigenvalue weighted by Crippen LogP contribution is 2.37. The van der Waals surface area contributed by atoms with Gasteiger partial charge in [-0.3, -0.25) is 4.79 Å². The highest BCUT2D eigenvalue weighted by atomic mass is 19.4. The minimum absolute atomic E-state index is 0.0824. The molecule has 240 valence electrons. The fraction of sp³-hybridized carbons (Fsp3) is 0.533. The largest absolute Gasteiger partial charge is 0.481 e. The number of rotatable bonds is 13. The first kappa shape index (κ1) is 33.1. The third kappa shape index (κ3) is 8.63. The van der Waals surface area contributed by atoms with Crippen molar-refractivity contribution < 1.29 is 36.2 Å². The number of anilines is 2. The number of alkyl halides is 6. The number of aliphatic carboxylic acids is 1. The second-order valence-corrected chi connectivity index (χ2v) is 11.1. The van der Waals surface area contributed by atoms with E-state index in [0.29, 0.717) is 32.4 Å². The van der Waals surface area contributed by atoms with Crippen LogP contribution in [0.5, 0.6) is 0 Å². The summed E-state index contributed by atoms with van der Waals surface area (Å²) in [6.07, 6.45) is -4.18. The number of carboxylic acids is 1. The monoisotopic (exact) mass is 626 g/mol. The molecule has 0 saturated heterocycles. The van der Waals surface area contributed by atoms with E-state index in [9.17, 15) is 31.1 Å². The molecule has 1 aliphatic rings. The van der Waals surface area contributed by atoms with Crippen LogP contribution in [0.4, 0.5) is 38.0 Å². The maximum atomic E-state index is 13.6. The number of unbranched alkanes of at least 4 members (excludes halogenated alkanes) is 1. The number of aryl methyl sites for hydroxylation is 3. The van der Waals surface area contributed by atoms with Gasteiger partial charge >= 0.3 is 18.3 Å². The van der Waals surface area contributed by atoms with Crippen LogP contribution in [0.2, 0.25) is 0 Å². The van der Waals surface area contributed by atoms with Crippen molar-refractivity contribution in [2.45, 2.75) is 77.2 Å². The molecule has 2 aromatic carbocycles. The lowest BCUT2D eigenvalue weighted by Gasteiger charge is -2.30. The van der Waals surface area contributed by atoms with Crippen LogP contribution in [-0.2, 0) is 50.0 Å². The summed E-state index contributed by atoms with van der Waals surface area (Å²) < 4.78 is 81.4. The molecule has 0 bridgehead atoms. The molecular formula is C30H36F6N6O2. The van der Waals surface area contributed by atoms with Gasteiger partial charge in [0.25, 0.3) is 5.95 Å². The van der Waals surface area contributed by atoms with Crippen molar-refractivity contribution >= 4 is 17.6 Å². The number of benzene rings is 2. The molecule has 0 radical (unpaired) electrons. The zero-order chi connectivity index (χ0) is 32.1. The second-order valence-electron chi connectivity index (χ2n) is 11.1. The summed E-state index contributed by atoms with van der Waals surface area (Å²) in [4.78, 5) is 15.9. The van der Waals surface area contributed by atoms with Gasteiger partial charge in [-0.05, 0) is 104 Å². The van der Waals surface area contributed by atoms with Crippen molar-refractivity contribution in [2.24, 2.45) is 7.05 Å². The first-order chi connectivity index (χ1) is 20.7. The van der Waals surface area contributed by atoms with E-state index in [1.54, 1.807) is 0 Å². The molecule has 3 aromatic rings. The van der Waals surface area contributed by atoms with Gasteiger partial charge < -0.3 is 14.9 Å². The molecule has 44 heavy (non-hydrogen) atoms. The van der Waals surface area contributed by atoms with Crippen LogP contribution in [0.1, 0.15) is 72.4 Å². The fourth-order valence-electron chi connectivity index (χ4n) is 5.58. The van der Waals surface area contributed by atoms with E-state index in [1.165, 1.54) is 27.9 Å². The summed E-state index contributed by atoms with van der Waals surface area (Å²) in [5.74, 6) is -0.762. The fourth-order valence-corrected chi connectivity index (χ4v) is 5.58. The molecule has 0 amide bonds. The lowest BCUT2D eigenvalue weighted by molar-refractivity contribution is -0.143. The lowest BCUT2D eigenvalue weighted by atomic mass is 9.88. The molecule has 1 aliphatic carbocycles. The van der Waals surface area contributed by atoms with Gasteiger partial charge in [0, 0.05) is 38.3 Å². The maximum absolute atomic E-state index is 13.6. The van der Waals surface area contributed by atoms with Gasteiger partial charge in [0.1, 0.15) is 0 Å². The molecular weight excluding hydrogens is 590 g/mol. The van der Waals surface area contributed by atoms with E-state index in [2.05, 4.69) is 32.4 Å². The molecule has 8 nitrogen and oxygen atoms in total. The van der Waals surface area contributed by atoms with Gasteiger partial charge in [-0.1, -0.05) is 11.2 Å². The number of halogens is 6. The lowest BCUT2D eigenvalue weighted by Crippen LogP contribution is -2.29. The Kier molecular flexibility index (Phi) is 10.4. The average molecular weight is 627 g/mol. The van der Waals surface area contributed by atoms with Gasteiger partial charge in [-0.25, -0.2) is 0 Å². The highest BCUT2D eigenvalue weighted by molar-refractivity contribution is 5.66. The Balaban J connectivity index is 1.66. The van der Waals surface area contributed by atoms with Crippen molar-refractivity contribution in [2.75, 3.05) is 29.4 Å². The van der Waals surface area contributed by atoms with Crippen LogP contribution in [0.15, 0.2) is 30.3 Å². The Morgan fingerprint density at radius 1 is 0.909 bits per heavy atom. The smallest absolute Gasteiger partial charge is 0.416 e. The Morgan fingerprint density at radius 2 is 1.55 bits per heavy atom. The van der Waals surface area contributed by atoms with Crippen LogP contribution in [0, 0.1) is 0 Å². The molecule has 0 atom stereocenters. The number of nitrogens with zero attached hydrogens (tertiary/aromatic N) is 6. The Morgan fingerprint density at radius 3 is 2.09 bits per heavy atom. The van der Waals surface area contributed by atoms with E-state index >= 15 is 0 Å². The van der Waals surface area contributed by atoms with E-state index in [-0.39, 0.29) is 37.1 Å². The molecule has 4 rings (SSSR count). The Labute approximate surface area is 251 Å². The van der Waals surface area contributed by atoms with Crippen molar-refractivity contribution in [1.29, 1.82) is 0 Å². The van der Waals surface area contributed by atoms with Gasteiger partial charge in [-0.15, -0.1) is 5.10 Å². The van der Waals surface area contributed by atoms with Crippen molar-refractivity contribution in [3.05, 3.63) is 63.7 Å². The Bertz CT molecular complexity index is 1410. The average Bonchev–Trinajstić information content (AvgIpc) is 3.39. The van der Waals surface area contributed by atoms with Crippen LogP contribution in [0.25, 0.3) is 0 Å². The summed E-state index contributed by atoms with van der Waals surface area (Å²) in [5.41, 5.74) is 1.53. The molecule has 1 aromatic heterocycles. The van der Waals surface area contributed by atoms with Gasteiger partial charge in [0.15, 0.2) is 0 Å². The van der Waals surface area contributed by atoms with Crippen LogP contribution in [-0.4, -0.2) is 50.9 Å². The number of hydrogen-bond acceptors (Lipinski definition) is 6. The summed E-state index contributed by atoms with van der Waals surface area (Å²) in [5, 5.41) is 21.0. The SMILES string of the molecule is CCN(CCCCC(=O)O)c1cc2c(cc1CCN(Cc1cc(C(F)(F)F)cc(C(F)(F)F)c1)c1nnn(C)n1)CCCC2. The highest BCUT2D eigenvalue weighted by Gasteiger charge is 2.37. The van der Waals surface area contributed by atoms with Gasteiger partial charge in [0.05, 0.1) is 18.2 Å². The van der Waals surface area contributed by atoms with Gasteiger partial charge in [-0.2, -0.15) is 31.1 Å². The molecule has 0 spiro atoms. The molecule has 1 N–H and O–H groups in total. The summed E-state index contributed by atoms with van der Waals surface area (Å²) >= 11 is 0. The van der Waals surface area contributed by atoms with E-state index in [1.807, 2.05) is 6.92 Å². The van der Waals surface area contributed by atoms with Crippen LogP contribution >= 0.6 is 0 Å². The topological polar surface area (TPSA) is 87.4 Å². The summed E-state index contributed by atoms with van der Waals surface area (Å²) in [6, 6.07) is 5.89. The zero-order valence-electron chi connectivity index (χ0n) is 24.7. The minimum Gasteiger partial charge on any atom is -0.481 e. The van der Waals surface area contributed by atoms with Crippen molar-refractivity contribution in [3.63, 3.8) is 0 Å². The number of carbonyl (C=O) groups is 1. The number of tetrazole rings is 1. The molecule has 0 aliphatic heterocycles. The second kappa shape index (κ2) is 13.9. The van der Waals surface area contributed by atoms with Crippen LogP contribution in [0.3, 0.4) is 0 Å². The predicted octanol–water partition coefficient (Wildman–Crippen LogP) is 6.46. The summed E-state index contributed by atoms with van der Waals surface area (Å²) in [6.45, 7) is 3.24. The standard InChI is InChI=1S/C30H36F6N6O2/c1-3-41(12-7-6-10-27(43)44)26-17-22-9-5-4-8-21(22)16-23(26)11-13-42(28-37-39-40(2)38-28)19-20-14-24(29(31,32)33)18-25(15-20)30(34,35)36/h14-18H,3-13,19H2,1-2H3,(H,43,44). The quantitative estimate of drug-likeness (QED) is 0.172. The van der Waals surface area contributed by atoms with Crippen LogP contribution < -0.4 is 9.80 Å². The van der Waals surface area contributed by atoms with Crippen molar-refractivity contribution in [1.82, 2.24) is 20.2 Å². The molecule has 0 saturated carbocycles. The number of carboxylic acid groups (broad SMARTS) is 1. The number of aromatic nitrogens is 4. The third-order valence-electron chi connectivity index (χ3n) is 7.79. The van der Waals surface area contributed by atoms with E-state index in [0.717, 1.165) is 49.1 Å². The molecule has 1 heterocycles. The first-order valence-electron chi connectivity index (χ1n) is 14.6. The molecule has 14 heteroatoms. The number of hydrogen-bond donors (Lipinski definition) is 1. The molecule has 0 fully saturated rings. The first-order valence-corrected chi connectivity index (χ1v) is 14.6. The van der Waals surface area contributed by atoms with E-state index < -0.39 is 29.4 Å². The normalized spacial score (nSPS) is 13.5. The van der Waals surface area contributed by atoms with Crippen molar-refractivity contribution in [3.8, 4) is 0 Å². The Hall–Kier alpha value is -3.84. The predicted molar refractivity (Wildman–Crippen MR) is 152 cm³/mol. The molecule has 0 unspecified atom stereocenters. The van der Waals surface area contributed by atoms with E-state index in [4.69, 9.17) is 5.11 Å². The minimum atomic E-state index is -4.96. The third-order valence-corrected chi connectivity index (χ3v) is 7.79. The number of fused-ring (bicyclic) bond motifs is 1. The zero-order valence-corrected chi connectivity index (χ0v) is 24.7. The van der Waals surface area contributed by atoms with Gasteiger partial charge in [0.2, 0.25) is 0 Å².